The Morgan fingerprint density at radius 2 is 2.15 bits per heavy atom. The Morgan fingerprint density at radius 3 is 2.80 bits per heavy atom. The summed E-state index contributed by atoms with van der Waals surface area (Å²) in [5.41, 5.74) is 0.652. The molecule has 0 bridgehead atoms. The van der Waals surface area contributed by atoms with Crippen LogP contribution in [0.2, 0.25) is 5.02 Å². The quantitative estimate of drug-likeness (QED) is 0.912. The Morgan fingerprint density at radius 1 is 1.40 bits per heavy atom. The van der Waals surface area contributed by atoms with Crippen LogP contribution in [0, 0.1) is 11.8 Å². The number of aliphatic hydroxyl groups is 1. The third-order valence-electron chi connectivity index (χ3n) is 4.70. The van der Waals surface area contributed by atoms with E-state index in [0.717, 1.165) is 19.4 Å². The molecule has 1 saturated carbocycles. The first-order chi connectivity index (χ1) is 9.47. The van der Waals surface area contributed by atoms with Gasteiger partial charge in [0.15, 0.2) is 0 Å². The van der Waals surface area contributed by atoms with Gasteiger partial charge < -0.3 is 14.6 Å². The van der Waals surface area contributed by atoms with Crippen LogP contribution in [0.25, 0.3) is 0 Å². The van der Waals surface area contributed by atoms with Crippen LogP contribution in [-0.2, 0) is 0 Å². The predicted molar refractivity (Wildman–Crippen MR) is 78.0 cm³/mol. The van der Waals surface area contributed by atoms with E-state index < -0.39 is 0 Å². The number of aromatic nitrogens is 1. The zero-order valence-electron chi connectivity index (χ0n) is 11.9. The fourth-order valence-corrected chi connectivity index (χ4v) is 3.82. The molecule has 1 saturated heterocycles. The number of hydrogen-bond acceptors (Lipinski definition) is 2. The number of rotatable bonds is 2. The molecular weight excluding hydrogens is 276 g/mol. The van der Waals surface area contributed by atoms with Crippen molar-refractivity contribution in [1.82, 2.24) is 9.47 Å². The van der Waals surface area contributed by atoms with Crippen LogP contribution in [0.5, 0.6) is 0 Å². The molecule has 0 aromatic carbocycles. The van der Waals surface area contributed by atoms with Gasteiger partial charge in [0.2, 0.25) is 0 Å². The second-order valence-electron chi connectivity index (χ2n) is 6.32. The van der Waals surface area contributed by atoms with Crippen LogP contribution >= 0.6 is 11.6 Å². The lowest BCUT2D eigenvalue weighted by Gasteiger charge is -2.20. The van der Waals surface area contributed by atoms with Gasteiger partial charge in [-0.25, -0.2) is 0 Å². The van der Waals surface area contributed by atoms with Gasteiger partial charge in [-0.2, -0.15) is 0 Å². The van der Waals surface area contributed by atoms with Crippen molar-refractivity contribution in [2.75, 3.05) is 13.1 Å². The van der Waals surface area contributed by atoms with E-state index >= 15 is 0 Å². The van der Waals surface area contributed by atoms with Crippen molar-refractivity contribution in [3.8, 4) is 0 Å². The van der Waals surface area contributed by atoms with Crippen LogP contribution in [0.15, 0.2) is 12.3 Å². The van der Waals surface area contributed by atoms with E-state index in [1.807, 2.05) is 29.5 Å². The highest BCUT2D eigenvalue weighted by Gasteiger charge is 2.43. The minimum atomic E-state index is -0.238. The summed E-state index contributed by atoms with van der Waals surface area (Å²) in [5, 5.41) is 10.6. The van der Waals surface area contributed by atoms with Gasteiger partial charge in [0.25, 0.3) is 5.91 Å². The Balaban J connectivity index is 1.80. The molecule has 3 unspecified atom stereocenters. The monoisotopic (exact) mass is 296 g/mol. The van der Waals surface area contributed by atoms with Crippen LogP contribution in [0.4, 0.5) is 0 Å². The van der Waals surface area contributed by atoms with E-state index in [4.69, 9.17) is 11.6 Å². The van der Waals surface area contributed by atoms with Crippen LogP contribution in [0.1, 0.15) is 43.2 Å². The highest BCUT2D eigenvalue weighted by atomic mass is 35.5. The number of halogens is 1. The van der Waals surface area contributed by atoms with Gasteiger partial charge in [0, 0.05) is 31.2 Å². The van der Waals surface area contributed by atoms with E-state index in [0.29, 0.717) is 23.2 Å². The number of carbonyl (C=O) groups is 1. The second kappa shape index (κ2) is 5.08. The molecule has 2 fully saturated rings. The molecular formula is C15H21ClN2O2. The number of likely N-dealkylation sites (tertiary alicyclic amines) is 1. The Labute approximate surface area is 124 Å². The van der Waals surface area contributed by atoms with Crippen molar-refractivity contribution < 1.29 is 9.90 Å². The van der Waals surface area contributed by atoms with Crippen molar-refractivity contribution in [2.24, 2.45) is 11.8 Å². The van der Waals surface area contributed by atoms with Gasteiger partial charge in [0.05, 0.1) is 11.1 Å². The second-order valence-corrected chi connectivity index (χ2v) is 6.76. The first-order valence-corrected chi connectivity index (χ1v) is 7.70. The molecule has 3 rings (SSSR count). The maximum absolute atomic E-state index is 12.7. The van der Waals surface area contributed by atoms with Crippen LogP contribution in [0.3, 0.4) is 0 Å². The molecule has 1 aliphatic carbocycles. The van der Waals surface area contributed by atoms with E-state index in [2.05, 4.69) is 0 Å². The van der Waals surface area contributed by atoms with Gasteiger partial charge in [-0.3, -0.25) is 4.79 Å². The Hall–Kier alpha value is -1.00. The summed E-state index contributed by atoms with van der Waals surface area (Å²) in [6.45, 7) is 5.51. The number of carbonyl (C=O) groups excluding carboxylic acids is 1. The van der Waals surface area contributed by atoms with Gasteiger partial charge in [-0.1, -0.05) is 11.6 Å². The number of amides is 1. The fourth-order valence-electron chi connectivity index (χ4n) is 3.61. The Kier molecular flexibility index (Phi) is 3.55. The number of aliphatic hydroxyl groups excluding tert-OH is 1. The zero-order valence-corrected chi connectivity index (χ0v) is 12.7. The molecule has 0 radical (unpaired) electrons. The molecule has 1 aliphatic heterocycles. The molecule has 3 atom stereocenters. The number of hydrogen-bond donors (Lipinski definition) is 1. The average Bonchev–Trinajstić information content (AvgIpc) is 3.05. The van der Waals surface area contributed by atoms with Crippen molar-refractivity contribution in [2.45, 2.75) is 38.8 Å². The summed E-state index contributed by atoms with van der Waals surface area (Å²) in [5.74, 6) is 0.760. The smallest absolute Gasteiger partial charge is 0.270 e. The van der Waals surface area contributed by atoms with Crippen LogP contribution in [-0.4, -0.2) is 39.7 Å². The van der Waals surface area contributed by atoms with Crippen molar-refractivity contribution in [1.29, 1.82) is 0 Å². The lowest BCUT2D eigenvalue weighted by atomic mass is 10.00. The summed E-state index contributed by atoms with van der Waals surface area (Å²) in [7, 11) is 0. The Bertz CT molecular complexity index is 526. The minimum absolute atomic E-state index is 0.0344. The molecule has 0 spiro atoms. The molecule has 110 valence electrons. The maximum Gasteiger partial charge on any atom is 0.270 e. The molecule has 1 aromatic rings. The first-order valence-electron chi connectivity index (χ1n) is 7.32. The normalized spacial score (nSPS) is 29.2. The summed E-state index contributed by atoms with van der Waals surface area (Å²) in [6.07, 6.45) is 3.48. The minimum Gasteiger partial charge on any atom is -0.393 e. The van der Waals surface area contributed by atoms with Gasteiger partial charge in [-0.05, 0) is 38.7 Å². The fraction of sp³-hybridized carbons (Fsp3) is 0.667. The van der Waals surface area contributed by atoms with Gasteiger partial charge in [-0.15, -0.1) is 0 Å². The van der Waals surface area contributed by atoms with E-state index in [9.17, 15) is 9.90 Å². The molecule has 20 heavy (non-hydrogen) atoms. The number of fused-ring (bicyclic) bond motifs is 1. The summed E-state index contributed by atoms with van der Waals surface area (Å²) >= 11 is 6.05. The topological polar surface area (TPSA) is 45.5 Å². The number of nitrogens with zero attached hydrogens (tertiary/aromatic N) is 2. The van der Waals surface area contributed by atoms with E-state index in [1.54, 1.807) is 6.07 Å². The lowest BCUT2D eigenvalue weighted by Crippen LogP contribution is -2.32. The molecule has 2 aliphatic rings. The first kappa shape index (κ1) is 14.0. The zero-order chi connectivity index (χ0) is 14.4. The maximum atomic E-state index is 12.7. The van der Waals surface area contributed by atoms with Crippen LogP contribution < -0.4 is 0 Å². The highest BCUT2D eigenvalue weighted by molar-refractivity contribution is 6.31. The summed E-state index contributed by atoms with van der Waals surface area (Å²) in [4.78, 5) is 14.6. The average molecular weight is 297 g/mol. The standard InChI is InChI=1S/C15H21ClN2O2/c1-9(2)18-7-11(16)5-13(18)15(20)17-6-10-3-4-14(19)12(10)8-17/h5,7,9-10,12,14,19H,3-4,6,8H2,1-2H3. The third kappa shape index (κ3) is 2.25. The van der Waals surface area contributed by atoms with Crippen molar-refractivity contribution in [3.63, 3.8) is 0 Å². The molecule has 4 nitrogen and oxygen atoms in total. The summed E-state index contributed by atoms with van der Waals surface area (Å²) in [6, 6.07) is 1.95. The predicted octanol–water partition coefficient (Wildman–Crippen LogP) is 2.57. The molecule has 1 N–H and O–H groups in total. The third-order valence-corrected chi connectivity index (χ3v) is 4.90. The molecule has 5 heteroatoms. The van der Waals surface area contributed by atoms with Gasteiger partial charge >= 0.3 is 0 Å². The molecule has 1 amide bonds. The largest absolute Gasteiger partial charge is 0.393 e. The molecule has 1 aromatic heterocycles. The van der Waals surface area contributed by atoms with E-state index in [1.165, 1.54) is 0 Å². The lowest BCUT2D eigenvalue weighted by molar-refractivity contribution is 0.0740. The highest BCUT2D eigenvalue weighted by Crippen LogP contribution is 2.38. The van der Waals surface area contributed by atoms with Crippen molar-refractivity contribution in [3.05, 3.63) is 23.0 Å². The molecule has 2 heterocycles. The van der Waals surface area contributed by atoms with Crippen molar-refractivity contribution >= 4 is 17.5 Å². The van der Waals surface area contributed by atoms with E-state index in [-0.39, 0.29) is 24.0 Å². The SMILES string of the molecule is CC(C)n1cc(Cl)cc1C(=O)N1CC2CCC(O)C2C1. The van der Waals surface area contributed by atoms with Gasteiger partial charge in [0.1, 0.15) is 5.69 Å². The summed E-state index contributed by atoms with van der Waals surface area (Å²) < 4.78 is 1.93.